The summed E-state index contributed by atoms with van der Waals surface area (Å²) >= 11 is 0. The van der Waals surface area contributed by atoms with E-state index in [0.29, 0.717) is 11.7 Å². The molecule has 4 nitrogen and oxygen atoms in total. The van der Waals surface area contributed by atoms with Crippen molar-refractivity contribution in [2.75, 3.05) is 6.61 Å². The average Bonchev–Trinajstić information content (AvgIpc) is 2.53. The van der Waals surface area contributed by atoms with Crippen molar-refractivity contribution in [1.82, 2.24) is 10.3 Å². The van der Waals surface area contributed by atoms with Crippen LogP contribution in [0.5, 0.6) is 5.75 Å². The minimum absolute atomic E-state index is 0.290. The Morgan fingerprint density at radius 1 is 1.35 bits per heavy atom. The second kappa shape index (κ2) is 5.72. The summed E-state index contributed by atoms with van der Waals surface area (Å²) in [6, 6.07) is 14.2. The summed E-state index contributed by atoms with van der Waals surface area (Å²) in [7, 11) is 0. The number of hydrogen-bond acceptors (Lipinski definition) is 4. The largest absolute Gasteiger partial charge is 0.493 e. The van der Waals surface area contributed by atoms with Crippen LogP contribution in [0.4, 0.5) is 0 Å². The minimum atomic E-state index is 0.290. The number of pyridine rings is 1. The van der Waals surface area contributed by atoms with Crippen molar-refractivity contribution in [3.05, 3.63) is 59.4 Å². The summed E-state index contributed by atoms with van der Waals surface area (Å²) in [4.78, 5) is 3.98. The molecule has 1 aromatic carbocycles. The molecule has 1 aliphatic heterocycles. The van der Waals surface area contributed by atoms with Gasteiger partial charge < -0.3 is 10.1 Å². The van der Waals surface area contributed by atoms with E-state index in [1.807, 2.05) is 30.3 Å². The molecule has 1 aromatic heterocycles. The number of aromatic nitrogens is 1. The van der Waals surface area contributed by atoms with Crippen LogP contribution in [0.2, 0.25) is 0 Å². The predicted molar refractivity (Wildman–Crippen MR) is 75.1 cm³/mol. The second-order valence-electron chi connectivity index (χ2n) is 4.77. The number of nitrogens with zero attached hydrogens (tertiary/aromatic N) is 2. The highest BCUT2D eigenvalue weighted by Crippen LogP contribution is 2.31. The smallest absolute Gasteiger partial charge is 0.140 e. The van der Waals surface area contributed by atoms with Gasteiger partial charge in [-0.3, -0.25) is 0 Å². The van der Waals surface area contributed by atoms with E-state index in [-0.39, 0.29) is 0 Å². The summed E-state index contributed by atoms with van der Waals surface area (Å²) in [5, 5.41) is 12.4. The highest BCUT2D eigenvalue weighted by molar-refractivity contribution is 5.37. The Kier molecular flexibility index (Phi) is 3.62. The van der Waals surface area contributed by atoms with Crippen LogP contribution >= 0.6 is 0 Å². The van der Waals surface area contributed by atoms with E-state index >= 15 is 0 Å². The minimum Gasteiger partial charge on any atom is -0.493 e. The molecule has 0 spiro atoms. The van der Waals surface area contributed by atoms with E-state index < -0.39 is 0 Å². The van der Waals surface area contributed by atoms with Crippen molar-refractivity contribution in [2.24, 2.45) is 0 Å². The molecule has 0 fully saturated rings. The van der Waals surface area contributed by atoms with Crippen molar-refractivity contribution >= 4 is 0 Å². The van der Waals surface area contributed by atoms with E-state index in [1.54, 1.807) is 6.20 Å². The maximum atomic E-state index is 8.86. The Morgan fingerprint density at radius 3 is 3.15 bits per heavy atom. The van der Waals surface area contributed by atoms with Crippen LogP contribution in [0.15, 0.2) is 42.6 Å². The highest BCUT2D eigenvalue weighted by atomic mass is 16.5. The first-order chi connectivity index (χ1) is 9.86. The Balaban J connectivity index is 1.72. The SMILES string of the molecule is N#Cc1cc(CNC2CCOc3ccccc32)ccn1. The van der Waals surface area contributed by atoms with Crippen LogP contribution in [-0.4, -0.2) is 11.6 Å². The number of nitriles is 1. The van der Waals surface area contributed by atoms with E-state index in [1.165, 1.54) is 5.56 Å². The Morgan fingerprint density at radius 2 is 2.25 bits per heavy atom. The Bertz CT molecular complexity index is 648. The third-order valence-electron chi connectivity index (χ3n) is 3.45. The van der Waals surface area contributed by atoms with Crippen LogP contribution in [0.3, 0.4) is 0 Å². The summed E-state index contributed by atoms with van der Waals surface area (Å²) in [6.45, 7) is 1.45. The first-order valence-electron chi connectivity index (χ1n) is 6.67. The molecule has 0 saturated carbocycles. The van der Waals surface area contributed by atoms with Crippen molar-refractivity contribution in [3.8, 4) is 11.8 Å². The normalized spacial score (nSPS) is 16.9. The molecule has 1 unspecified atom stereocenters. The molecule has 0 saturated heterocycles. The maximum Gasteiger partial charge on any atom is 0.140 e. The summed E-state index contributed by atoms with van der Waals surface area (Å²) in [5.41, 5.74) is 2.73. The first-order valence-corrected chi connectivity index (χ1v) is 6.67. The lowest BCUT2D eigenvalue weighted by molar-refractivity contribution is 0.252. The third-order valence-corrected chi connectivity index (χ3v) is 3.45. The fourth-order valence-electron chi connectivity index (χ4n) is 2.44. The Hall–Kier alpha value is -2.38. The molecule has 4 heteroatoms. The van der Waals surface area contributed by atoms with Gasteiger partial charge in [0.1, 0.15) is 17.5 Å². The van der Waals surface area contributed by atoms with Gasteiger partial charge in [-0.2, -0.15) is 5.26 Å². The molecule has 1 aliphatic rings. The molecule has 1 atom stereocenters. The number of benzene rings is 1. The van der Waals surface area contributed by atoms with E-state index in [4.69, 9.17) is 10.00 Å². The van der Waals surface area contributed by atoms with Gasteiger partial charge in [0.2, 0.25) is 0 Å². The molecular weight excluding hydrogens is 250 g/mol. The van der Waals surface area contributed by atoms with E-state index in [9.17, 15) is 0 Å². The zero-order valence-electron chi connectivity index (χ0n) is 11.0. The van der Waals surface area contributed by atoms with Gasteiger partial charge in [-0.1, -0.05) is 18.2 Å². The van der Waals surface area contributed by atoms with Crippen LogP contribution in [0.25, 0.3) is 0 Å². The molecule has 100 valence electrons. The summed E-state index contributed by atoms with van der Waals surface area (Å²) in [6.07, 6.45) is 2.63. The third kappa shape index (κ3) is 2.63. The molecule has 3 rings (SSSR count). The van der Waals surface area contributed by atoms with Crippen LogP contribution in [0.1, 0.15) is 29.3 Å². The van der Waals surface area contributed by atoms with Crippen molar-refractivity contribution in [2.45, 2.75) is 19.0 Å². The lowest BCUT2D eigenvalue weighted by atomic mass is 10.0. The van der Waals surface area contributed by atoms with Gasteiger partial charge in [-0.25, -0.2) is 4.98 Å². The van der Waals surface area contributed by atoms with Crippen LogP contribution < -0.4 is 10.1 Å². The quantitative estimate of drug-likeness (QED) is 0.926. The summed E-state index contributed by atoms with van der Waals surface area (Å²) in [5.74, 6) is 0.962. The zero-order valence-corrected chi connectivity index (χ0v) is 11.0. The molecule has 0 bridgehead atoms. The van der Waals surface area contributed by atoms with Crippen molar-refractivity contribution in [1.29, 1.82) is 5.26 Å². The van der Waals surface area contributed by atoms with E-state index in [2.05, 4.69) is 22.4 Å². The lowest BCUT2D eigenvalue weighted by Gasteiger charge is -2.26. The van der Waals surface area contributed by atoms with Crippen molar-refractivity contribution in [3.63, 3.8) is 0 Å². The number of rotatable bonds is 3. The zero-order chi connectivity index (χ0) is 13.8. The number of hydrogen-bond donors (Lipinski definition) is 1. The van der Waals surface area contributed by atoms with Crippen LogP contribution in [0, 0.1) is 11.3 Å². The molecule has 0 aliphatic carbocycles. The molecule has 20 heavy (non-hydrogen) atoms. The average molecular weight is 265 g/mol. The molecular formula is C16H15N3O. The van der Waals surface area contributed by atoms with Gasteiger partial charge in [-0.15, -0.1) is 0 Å². The van der Waals surface area contributed by atoms with E-state index in [0.717, 1.165) is 30.9 Å². The standard InChI is InChI=1S/C16H15N3O/c17-10-13-9-12(5-7-18-13)11-19-15-6-8-20-16-4-2-1-3-14(15)16/h1-5,7,9,15,19H,6,8,11H2. The number of ether oxygens (including phenoxy) is 1. The van der Waals surface area contributed by atoms with Crippen molar-refractivity contribution < 1.29 is 4.74 Å². The second-order valence-corrected chi connectivity index (χ2v) is 4.77. The molecule has 1 N–H and O–H groups in total. The van der Waals surface area contributed by atoms with Gasteiger partial charge in [0.15, 0.2) is 0 Å². The molecule has 0 radical (unpaired) electrons. The van der Waals surface area contributed by atoms with Gasteiger partial charge in [0, 0.05) is 30.8 Å². The van der Waals surface area contributed by atoms with Gasteiger partial charge in [0.25, 0.3) is 0 Å². The highest BCUT2D eigenvalue weighted by Gasteiger charge is 2.20. The fraction of sp³-hybridized carbons (Fsp3) is 0.250. The molecule has 2 aromatic rings. The molecule has 2 heterocycles. The maximum absolute atomic E-state index is 8.86. The predicted octanol–water partition coefficient (Wildman–Crippen LogP) is 2.57. The lowest BCUT2D eigenvalue weighted by Crippen LogP contribution is -2.26. The van der Waals surface area contributed by atoms with Gasteiger partial charge in [0.05, 0.1) is 6.61 Å². The number of para-hydroxylation sites is 1. The summed E-state index contributed by atoms with van der Waals surface area (Å²) < 4.78 is 5.65. The number of fused-ring (bicyclic) bond motifs is 1. The van der Waals surface area contributed by atoms with Crippen LogP contribution in [-0.2, 0) is 6.54 Å². The van der Waals surface area contributed by atoms with Gasteiger partial charge in [-0.05, 0) is 23.8 Å². The molecule has 0 amide bonds. The first kappa shape index (κ1) is 12.6. The van der Waals surface area contributed by atoms with Gasteiger partial charge >= 0.3 is 0 Å². The number of nitrogens with one attached hydrogen (secondary N) is 1. The fourth-order valence-corrected chi connectivity index (χ4v) is 2.44. The Labute approximate surface area is 118 Å². The monoisotopic (exact) mass is 265 g/mol. The topological polar surface area (TPSA) is 57.9 Å².